The number of rotatable bonds is 10. The van der Waals surface area contributed by atoms with Gasteiger partial charge in [0.1, 0.15) is 0 Å². The van der Waals surface area contributed by atoms with Gasteiger partial charge >= 0.3 is 0 Å². The molecule has 0 bridgehead atoms. The van der Waals surface area contributed by atoms with Crippen molar-refractivity contribution in [2.45, 2.75) is 52.0 Å². The van der Waals surface area contributed by atoms with Crippen LogP contribution in [0.3, 0.4) is 0 Å². The van der Waals surface area contributed by atoms with Crippen LogP contribution in [0.5, 0.6) is 0 Å². The fourth-order valence-corrected chi connectivity index (χ4v) is 2.03. The van der Waals surface area contributed by atoms with Crippen LogP contribution in [0, 0.1) is 0 Å². The van der Waals surface area contributed by atoms with Crippen molar-refractivity contribution in [1.82, 2.24) is 5.32 Å². The van der Waals surface area contributed by atoms with Crippen LogP contribution in [0.4, 0.5) is 0 Å². The predicted octanol–water partition coefficient (Wildman–Crippen LogP) is 4.78. The first-order valence-corrected chi connectivity index (χ1v) is 7.29. The molecule has 0 fully saturated rings. The number of unbranched alkanes of at least 4 members (excludes halogenated alkanes) is 5. The minimum atomic E-state index is 0.979. The summed E-state index contributed by atoms with van der Waals surface area (Å²) in [5.41, 5.74) is 2.54. The fraction of sp³-hybridized carbons (Fsp3) is 0.529. The highest BCUT2D eigenvalue weighted by Gasteiger charge is 1.93. The van der Waals surface area contributed by atoms with Crippen LogP contribution in [0.25, 0.3) is 6.08 Å². The molecule has 0 aromatic heterocycles. The lowest BCUT2D eigenvalue weighted by Gasteiger charge is -2.05. The second-order valence-corrected chi connectivity index (χ2v) is 4.89. The minimum Gasteiger partial charge on any atom is -0.313 e. The Balaban J connectivity index is 2.01. The van der Waals surface area contributed by atoms with E-state index in [1.807, 2.05) is 6.08 Å². The van der Waals surface area contributed by atoms with E-state index in [0.717, 1.165) is 13.1 Å². The van der Waals surface area contributed by atoms with Crippen LogP contribution in [0.15, 0.2) is 30.8 Å². The Morgan fingerprint density at radius 3 is 2.33 bits per heavy atom. The van der Waals surface area contributed by atoms with E-state index in [1.54, 1.807) is 0 Å². The average molecular weight is 245 g/mol. The monoisotopic (exact) mass is 245 g/mol. The molecule has 1 heteroatoms. The minimum absolute atomic E-state index is 0.979. The maximum absolute atomic E-state index is 3.76. The summed E-state index contributed by atoms with van der Waals surface area (Å²) in [6.45, 7) is 8.14. The van der Waals surface area contributed by atoms with E-state index in [1.165, 1.54) is 49.7 Å². The topological polar surface area (TPSA) is 12.0 Å². The summed E-state index contributed by atoms with van der Waals surface area (Å²) >= 11 is 0. The SMILES string of the molecule is C=Cc1ccc(CNCCCCCCCC)cc1. The zero-order chi connectivity index (χ0) is 13.1. The molecule has 1 aromatic carbocycles. The lowest BCUT2D eigenvalue weighted by atomic mass is 10.1. The summed E-state index contributed by atoms with van der Waals surface area (Å²) < 4.78 is 0. The molecule has 1 aromatic rings. The third-order valence-electron chi connectivity index (χ3n) is 3.25. The number of nitrogens with one attached hydrogen (secondary N) is 1. The molecule has 0 unspecified atom stereocenters. The zero-order valence-electron chi connectivity index (χ0n) is 11.8. The predicted molar refractivity (Wildman–Crippen MR) is 81.6 cm³/mol. The Morgan fingerprint density at radius 2 is 1.67 bits per heavy atom. The van der Waals surface area contributed by atoms with Crippen LogP contribution >= 0.6 is 0 Å². The summed E-state index contributed by atoms with van der Waals surface area (Å²) in [5, 5.41) is 3.50. The molecule has 18 heavy (non-hydrogen) atoms. The van der Waals surface area contributed by atoms with Gasteiger partial charge in [-0.05, 0) is 24.1 Å². The maximum atomic E-state index is 3.76. The van der Waals surface area contributed by atoms with Gasteiger partial charge in [0.2, 0.25) is 0 Å². The van der Waals surface area contributed by atoms with Gasteiger partial charge < -0.3 is 5.32 Å². The van der Waals surface area contributed by atoms with E-state index in [0.29, 0.717) is 0 Å². The van der Waals surface area contributed by atoms with Gasteiger partial charge in [-0.3, -0.25) is 0 Å². The van der Waals surface area contributed by atoms with Gasteiger partial charge in [0.15, 0.2) is 0 Å². The Labute approximate surface area is 112 Å². The molecule has 0 saturated carbocycles. The Kier molecular flexibility index (Phi) is 8.24. The Hall–Kier alpha value is -1.08. The van der Waals surface area contributed by atoms with Gasteiger partial charge in [-0.2, -0.15) is 0 Å². The van der Waals surface area contributed by atoms with Crippen molar-refractivity contribution in [3.8, 4) is 0 Å². The quantitative estimate of drug-likeness (QED) is 0.585. The highest BCUT2D eigenvalue weighted by Crippen LogP contribution is 2.06. The van der Waals surface area contributed by atoms with Gasteiger partial charge in [-0.25, -0.2) is 0 Å². The third-order valence-corrected chi connectivity index (χ3v) is 3.25. The lowest BCUT2D eigenvalue weighted by molar-refractivity contribution is 0.572. The molecule has 1 N–H and O–H groups in total. The molecule has 1 nitrogen and oxygen atoms in total. The number of hydrogen-bond acceptors (Lipinski definition) is 1. The normalized spacial score (nSPS) is 10.5. The first kappa shape index (κ1) is 15.0. The van der Waals surface area contributed by atoms with Crippen LogP contribution in [0.1, 0.15) is 56.6 Å². The van der Waals surface area contributed by atoms with Crippen molar-refractivity contribution in [1.29, 1.82) is 0 Å². The lowest BCUT2D eigenvalue weighted by Crippen LogP contribution is -2.14. The van der Waals surface area contributed by atoms with Gasteiger partial charge in [0.25, 0.3) is 0 Å². The standard InChI is InChI=1S/C17H27N/c1-3-5-6-7-8-9-14-18-15-17-12-10-16(4-2)11-13-17/h4,10-13,18H,2-3,5-9,14-15H2,1H3. The van der Waals surface area contributed by atoms with Crippen molar-refractivity contribution < 1.29 is 0 Å². The van der Waals surface area contributed by atoms with E-state index in [-0.39, 0.29) is 0 Å². The largest absolute Gasteiger partial charge is 0.313 e. The molecular formula is C17H27N. The number of hydrogen-bond donors (Lipinski definition) is 1. The van der Waals surface area contributed by atoms with Gasteiger partial charge in [-0.15, -0.1) is 0 Å². The highest BCUT2D eigenvalue weighted by molar-refractivity contribution is 5.47. The molecule has 0 aliphatic heterocycles. The molecule has 0 heterocycles. The molecule has 1 rings (SSSR count). The Morgan fingerprint density at radius 1 is 1.00 bits per heavy atom. The molecule has 0 saturated heterocycles. The second-order valence-electron chi connectivity index (χ2n) is 4.89. The van der Waals surface area contributed by atoms with Gasteiger partial charge in [0.05, 0.1) is 0 Å². The molecule has 0 atom stereocenters. The summed E-state index contributed by atoms with van der Waals surface area (Å²) in [6, 6.07) is 8.58. The first-order chi connectivity index (χ1) is 8.86. The highest BCUT2D eigenvalue weighted by atomic mass is 14.8. The molecule has 100 valence electrons. The van der Waals surface area contributed by atoms with E-state index >= 15 is 0 Å². The Bertz CT molecular complexity index is 313. The summed E-state index contributed by atoms with van der Waals surface area (Å²) in [5.74, 6) is 0. The molecule has 0 radical (unpaired) electrons. The first-order valence-electron chi connectivity index (χ1n) is 7.29. The average Bonchev–Trinajstić information content (AvgIpc) is 2.42. The maximum Gasteiger partial charge on any atom is 0.0205 e. The molecule has 0 spiro atoms. The van der Waals surface area contributed by atoms with Crippen LogP contribution in [-0.4, -0.2) is 6.54 Å². The van der Waals surface area contributed by atoms with Crippen molar-refractivity contribution in [2.75, 3.05) is 6.54 Å². The summed E-state index contributed by atoms with van der Waals surface area (Å²) in [7, 11) is 0. The van der Waals surface area contributed by atoms with Crippen molar-refractivity contribution in [3.63, 3.8) is 0 Å². The van der Waals surface area contributed by atoms with Crippen LogP contribution in [-0.2, 0) is 6.54 Å². The summed E-state index contributed by atoms with van der Waals surface area (Å²) in [4.78, 5) is 0. The van der Waals surface area contributed by atoms with E-state index in [2.05, 4.69) is 43.1 Å². The molecule has 0 aliphatic carbocycles. The zero-order valence-corrected chi connectivity index (χ0v) is 11.8. The van der Waals surface area contributed by atoms with Gasteiger partial charge in [0, 0.05) is 6.54 Å². The van der Waals surface area contributed by atoms with Crippen molar-refractivity contribution in [2.24, 2.45) is 0 Å². The van der Waals surface area contributed by atoms with Gasteiger partial charge in [-0.1, -0.05) is 75.9 Å². The van der Waals surface area contributed by atoms with Crippen molar-refractivity contribution in [3.05, 3.63) is 42.0 Å². The number of benzene rings is 1. The van der Waals surface area contributed by atoms with Crippen LogP contribution < -0.4 is 5.32 Å². The van der Waals surface area contributed by atoms with Crippen molar-refractivity contribution >= 4 is 6.08 Å². The molecular weight excluding hydrogens is 218 g/mol. The van der Waals surface area contributed by atoms with Crippen LogP contribution in [0.2, 0.25) is 0 Å². The van der Waals surface area contributed by atoms with E-state index in [9.17, 15) is 0 Å². The van der Waals surface area contributed by atoms with E-state index < -0.39 is 0 Å². The van der Waals surface area contributed by atoms with E-state index in [4.69, 9.17) is 0 Å². The second kappa shape index (κ2) is 9.90. The smallest absolute Gasteiger partial charge is 0.0205 e. The third kappa shape index (κ3) is 6.61. The molecule has 0 amide bonds. The fourth-order valence-electron chi connectivity index (χ4n) is 2.03. The molecule has 0 aliphatic rings. The summed E-state index contributed by atoms with van der Waals surface area (Å²) in [6.07, 6.45) is 10.1.